The van der Waals surface area contributed by atoms with Crippen LogP contribution in [-0.2, 0) is 9.47 Å². The van der Waals surface area contributed by atoms with Gasteiger partial charge in [-0.25, -0.2) is 19.2 Å². The first-order valence-corrected chi connectivity index (χ1v) is 12.6. The van der Waals surface area contributed by atoms with Gasteiger partial charge >= 0.3 is 5.97 Å². The summed E-state index contributed by atoms with van der Waals surface area (Å²) < 4.78 is 24.0. The molecule has 0 spiro atoms. The third-order valence-corrected chi connectivity index (χ3v) is 6.37. The normalized spacial score (nSPS) is 10.8. The van der Waals surface area contributed by atoms with Crippen LogP contribution in [0.5, 0.6) is 0 Å². The highest BCUT2D eigenvalue weighted by molar-refractivity contribution is 7.17. The van der Waals surface area contributed by atoms with Gasteiger partial charge in [-0.1, -0.05) is 17.7 Å². The van der Waals surface area contributed by atoms with Gasteiger partial charge < -0.3 is 20.1 Å². The Morgan fingerprint density at radius 2 is 2.05 bits per heavy atom. The number of carbonyl (C=O) groups is 1. The van der Waals surface area contributed by atoms with Crippen LogP contribution in [-0.4, -0.2) is 52.8 Å². The highest BCUT2D eigenvalue weighted by Crippen LogP contribution is 2.36. The molecule has 0 saturated heterocycles. The van der Waals surface area contributed by atoms with E-state index < -0.39 is 11.8 Å². The van der Waals surface area contributed by atoms with E-state index in [1.54, 1.807) is 38.6 Å². The van der Waals surface area contributed by atoms with E-state index in [9.17, 15) is 9.18 Å². The molecule has 2 N–H and O–H groups in total. The summed E-state index contributed by atoms with van der Waals surface area (Å²) >= 11 is 7.08. The largest absolute Gasteiger partial charge is 0.462 e. The van der Waals surface area contributed by atoms with Gasteiger partial charge in [-0.05, 0) is 43.7 Å². The highest BCUT2D eigenvalue weighted by Gasteiger charge is 2.24. The number of thiazole rings is 1. The van der Waals surface area contributed by atoms with Crippen molar-refractivity contribution in [3.8, 4) is 22.0 Å². The van der Waals surface area contributed by atoms with Crippen molar-refractivity contribution in [3.05, 3.63) is 64.5 Å². The van der Waals surface area contributed by atoms with Gasteiger partial charge in [0.15, 0.2) is 0 Å². The van der Waals surface area contributed by atoms with E-state index in [4.69, 9.17) is 26.1 Å². The van der Waals surface area contributed by atoms with Crippen LogP contribution in [0.3, 0.4) is 0 Å². The Bertz CT molecular complexity index is 1370. The lowest BCUT2D eigenvalue weighted by molar-refractivity contribution is 0.0532. The SMILES string of the molecule is CCOC(=O)c1sc(-c2cnc(Nc3ccc(F)c(Cl)c3)nc2NCCCOC)nc1-c1ccccn1. The second-order valence-corrected chi connectivity index (χ2v) is 9.02. The van der Waals surface area contributed by atoms with Crippen LogP contribution in [0.1, 0.15) is 23.0 Å². The zero-order chi connectivity index (χ0) is 26.2. The molecular weight excluding hydrogens is 519 g/mol. The Balaban J connectivity index is 1.73. The number of hydrogen-bond acceptors (Lipinski definition) is 10. The van der Waals surface area contributed by atoms with Crippen molar-refractivity contribution < 1.29 is 18.7 Å². The van der Waals surface area contributed by atoms with Crippen molar-refractivity contribution >= 4 is 46.4 Å². The van der Waals surface area contributed by atoms with Crippen molar-refractivity contribution in [2.75, 3.05) is 37.5 Å². The molecule has 3 aromatic heterocycles. The van der Waals surface area contributed by atoms with E-state index in [0.717, 1.165) is 6.42 Å². The van der Waals surface area contributed by atoms with Crippen LogP contribution in [0, 0.1) is 5.82 Å². The average molecular weight is 543 g/mol. The lowest BCUT2D eigenvalue weighted by atomic mass is 10.2. The van der Waals surface area contributed by atoms with Crippen LogP contribution in [0.25, 0.3) is 22.0 Å². The number of hydrogen-bond donors (Lipinski definition) is 2. The minimum Gasteiger partial charge on any atom is -0.462 e. The zero-order valence-electron chi connectivity index (χ0n) is 20.1. The average Bonchev–Trinajstić information content (AvgIpc) is 3.35. The van der Waals surface area contributed by atoms with Crippen molar-refractivity contribution in [1.82, 2.24) is 19.9 Å². The van der Waals surface area contributed by atoms with E-state index in [1.165, 1.54) is 29.5 Å². The number of pyridine rings is 1. The molecule has 0 aliphatic carbocycles. The fourth-order valence-corrected chi connectivity index (χ4v) is 4.47. The Kier molecular flexibility index (Phi) is 8.94. The molecule has 0 unspecified atom stereocenters. The lowest BCUT2D eigenvalue weighted by Crippen LogP contribution is -2.09. The highest BCUT2D eigenvalue weighted by atomic mass is 35.5. The second kappa shape index (κ2) is 12.5. The Hall–Kier alpha value is -3.67. The Morgan fingerprint density at radius 1 is 1.19 bits per heavy atom. The summed E-state index contributed by atoms with van der Waals surface area (Å²) in [5.74, 6) is -0.228. The number of esters is 1. The first kappa shape index (κ1) is 26.4. The molecule has 0 aliphatic rings. The number of aromatic nitrogens is 4. The fraction of sp³-hybridized carbons (Fsp3) is 0.240. The molecule has 9 nitrogen and oxygen atoms in total. The van der Waals surface area contributed by atoms with Gasteiger partial charge in [0.05, 0.1) is 22.9 Å². The molecule has 4 rings (SSSR count). The number of ether oxygens (including phenoxy) is 2. The predicted molar refractivity (Wildman–Crippen MR) is 142 cm³/mol. The quantitative estimate of drug-likeness (QED) is 0.179. The minimum atomic E-state index is -0.520. The number of carbonyl (C=O) groups excluding carboxylic acids is 1. The van der Waals surface area contributed by atoms with Crippen molar-refractivity contribution in [1.29, 1.82) is 0 Å². The standard InChI is InChI=1S/C25H24ClFN6O3S/c1-3-36-24(34)21-20(19-7-4-5-10-28-19)32-23(37-21)16-14-30-25(33-22(16)29-11-6-12-35-2)31-15-8-9-18(27)17(26)13-15/h4-5,7-10,13-14H,3,6,11-12H2,1-2H3,(H2,29,30,31,33). The molecule has 192 valence electrons. The molecule has 4 aromatic rings. The third-order valence-electron chi connectivity index (χ3n) is 5.01. The third kappa shape index (κ3) is 6.56. The summed E-state index contributed by atoms with van der Waals surface area (Å²) in [6, 6.07) is 9.64. The minimum absolute atomic E-state index is 0.0177. The van der Waals surface area contributed by atoms with Crippen LogP contribution in [0.4, 0.5) is 21.8 Å². The summed E-state index contributed by atoms with van der Waals surface area (Å²) in [6.45, 7) is 3.12. The van der Waals surface area contributed by atoms with E-state index in [2.05, 4.69) is 25.6 Å². The van der Waals surface area contributed by atoms with Crippen molar-refractivity contribution in [3.63, 3.8) is 0 Å². The number of halogens is 2. The van der Waals surface area contributed by atoms with E-state index in [1.807, 2.05) is 6.07 Å². The Morgan fingerprint density at radius 3 is 2.78 bits per heavy atom. The van der Waals surface area contributed by atoms with Gasteiger partial charge in [-0.3, -0.25) is 4.98 Å². The van der Waals surface area contributed by atoms with Gasteiger partial charge in [-0.2, -0.15) is 4.98 Å². The summed E-state index contributed by atoms with van der Waals surface area (Å²) in [5.41, 5.74) is 2.10. The summed E-state index contributed by atoms with van der Waals surface area (Å²) in [5, 5.41) is 6.83. The Labute approximate surface area is 222 Å². The zero-order valence-corrected chi connectivity index (χ0v) is 21.7. The molecule has 12 heteroatoms. The predicted octanol–water partition coefficient (Wildman–Crippen LogP) is 5.82. The molecule has 0 atom stereocenters. The molecule has 0 amide bonds. The topological polar surface area (TPSA) is 111 Å². The number of nitrogens with zero attached hydrogens (tertiary/aromatic N) is 4. The smallest absolute Gasteiger partial charge is 0.350 e. The molecule has 1 aromatic carbocycles. The molecular formula is C25H24ClFN6O3S. The maximum absolute atomic E-state index is 13.6. The van der Waals surface area contributed by atoms with E-state index >= 15 is 0 Å². The lowest BCUT2D eigenvalue weighted by Gasteiger charge is -2.12. The van der Waals surface area contributed by atoms with Crippen LogP contribution in [0.2, 0.25) is 5.02 Å². The number of nitrogens with one attached hydrogen (secondary N) is 2. The van der Waals surface area contributed by atoms with E-state index in [-0.39, 0.29) is 17.6 Å². The molecule has 37 heavy (non-hydrogen) atoms. The number of rotatable bonds is 11. The van der Waals surface area contributed by atoms with Crippen molar-refractivity contribution in [2.24, 2.45) is 0 Å². The van der Waals surface area contributed by atoms with Crippen molar-refractivity contribution in [2.45, 2.75) is 13.3 Å². The summed E-state index contributed by atoms with van der Waals surface area (Å²) in [6.07, 6.45) is 3.98. The molecule has 0 fully saturated rings. The number of anilines is 3. The van der Waals surface area contributed by atoms with Gasteiger partial charge in [0, 0.05) is 38.3 Å². The molecule has 3 heterocycles. The first-order valence-electron chi connectivity index (χ1n) is 11.4. The maximum Gasteiger partial charge on any atom is 0.350 e. The summed E-state index contributed by atoms with van der Waals surface area (Å²) in [7, 11) is 1.64. The van der Waals surface area contributed by atoms with Gasteiger partial charge in [0.1, 0.15) is 27.2 Å². The molecule has 0 bridgehead atoms. The van der Waals surface area contributed by atoms with Crippen LogP contribution in [0.15, 0.2) is 48.8 Å². The first-order chi connectivity index (χ1) is 18.0. The van der Waals surface area contributed by atoms with E-state index in [0.29, 0.717) is 51.5 Å². The van der Waals surface area contributed by atoms with Crippen LogP contribution >= 0.6 is 22.9 Å². The van der Waals surface area contributed by atoms with Gasteiger partial charge in [-0.15, -0.1) is 11.3 Å². The van der Waals surface area contributed by atoms with Gasteiger partial charge in [0.25, 0.3) is 0 Å². The second-order valence-electron chi connectivity index (χ2n) is 7.62. The fourth-order valence-electron chi connectivity index (χ4n) is 3.31. The maximum atomic E-state index is 13.6. The number of methoxy groups -OCH3 is 1. The van der Waals surface area contributed by atoms with Gasteiger partial charge in [0.2, 0.25) is 5.95 Å². The summed E-state index contributed by atoms with van der Waals surface area (Å²) in [4.78, 5) is 31.2. The molecule has 0 aliphatic heterocycles. The molecule has 0 saturated carbocycles. The molecule has 0 radical (unpaired) electrons. The number of benzene rings is 1. The van der Waals surface area contributed by atoms with Crippen LogP contribution < -0.4 is 10.6 Å². The monoisotopic (exact) mass is 542 g/mol.